The number of rotatable bonds is 5. The van der Waals surface area contributed by atoms with Gasteiger partial charge in [0, 0.05) is 31.5 Å². The second-order valence-corrected chi connectivity index (χ2v) is 5.98. The predicted octanol–water partition coefficient (Wildman–Crippen LogP) is 1.48. The Morgan fingerprint density at radius 1 is 1.50 bits per heavy atom. The summed E-state index contributed by atoms with van der Waals surface area (Å²) in [4.78, 5) is 22.7. The molecule has 1 unspecified atom stereocenters. The zero-order chi connectivity index (χ0) is 15.4. The lowest BCUT2D eigenvalue weighted by Gasteiger charge is -2.19. The van der Waals surface area contributed by atoms with Crippen LogP contribution in [0.5, 0.6) is 5.88 Å². The number of hydrogen-bond acceptors (Lipinski definition) is 6. The van der Waals surface area contributed by atoms with Gasteiger partial charge in [-0.3, -0.25) is 4.79 Å². The highest BCUT2D eigenvalue weighted by Gasteiger charge is 2.27. The molecule has 3 heterocycles. The summed E-state index contributed by atoms with van der Waals surface area (Å²) in [5.41, 5.74) is 1.06. The Hall–Kier alpha value is -2.15. The first-order valence-corrected chi connectivity index (χ1v) is 8.11. The van der Waals surface area contributed by atoms with Gasteiger partial charge in [-0.2, -0.15) is 11.3 Å². The molecule has 7 heteroatoms. The van der Waals surface area contributed by atoms with E-state index in [4.69, 9.17) is 4.74 Å². The summed E-state index contributed by atoms with van der Waals surface area (Å²) in [6.45, 7) is 1.56. The van der Waals surface area contributed by atoms with E-state index < -0.39 is 0 Å². The number of aromatic nitrogens is 2. The fourth-order valence-electron chi connectivity index (χ4n) is 2.61. The molecule has 2 aromatic rings. The molecule has 1 atom stereocenters. The van der Waals surface area contributed by atoms with E-state index >= 15 is 0 Å². The van der Waals surface area contributed by atoms with Crippen LogP contribution in [0.2, 0.25) is 0 Å². The van der Waals surface area contributed by atoms with Gasteiger partial charge in [0.25, 0.3) is 5.88 Å². The Labute approximate surface area is 133 Å². The summed E-state index contributed by atoms with van der Waals surface area (Å²) in [5.74, 6) is 1.32. The van der Waals surface area contributed by atoms with Crippen LogP contribution in [0, 0.1) is 0 Å². The van der Waals surface area contributed by atoms with E-state index in [0.717, 1.165) is 30.9 Å². The molecule has 0 saturated carbocycles. The number of nitrogens with zero attached hydrogens (tertiary/aromatic N) is 3. The van der Waals surface area contributed by atoms with Crippen molar-refractivity contribution in [2.75, 3.05) is 25.1 Å². The summed E-state index contributed by atoms with van der Waals surface area (Å²) in [7, 11) is 1.59. The Kier molecular flexibility index (Phi) is 4.53. The van der Waals surface area contributed by atoms with Crippen molar-refractivity contribution in [1.82, 2.24) is 15.3 Å². The van der Waals surface area contributed by atoms with Crippen molar-refractivity contribution >= 4 is 23.1 Å². The number of carbonyl (C=O) groups is 1. The first kappa shape index (κ1) is 14.8. The van der Waals surface area contributed by atoms with Crippen molar-refractivity contribution in [3.63, 3.8) is 0 Å². The molecular formula is C15H18N4O2S. The van der Waals surface area contributed by atoms with E-state index in [1.54, 1.807) is 30.8 Å². The minimum atomic E-state index is 0.0661. The van der Waals surface area contributed by atoms with Gasteiger partial charge < -0.3 is 15.0 Å². The predicted molar refractivity (Wildman–Crippen MR) is 85.4 cm³/mol. The van der Waals surface area contributed by atoms with E-state index in [9.17, 15) is 4.79 Å². The van der Waals surface area contributed by atoms with Crippen molar-refractivity contribution < 1.29 is 9.53 Å². The van der Waals surface area contributed by atoms with Gasteiger partial charge in [0.2, 0.25) is 5.91 Å². The topological polar surface area (TPSA) is 67.4 Å². The van der Waals surface area contributed by atoms with Crippen LogP contribution < -0.4 is 15.0 Å². The molecule has 22 heavy (non-hydrogen) atoms. The molecule has 1 aliphatic rings. The van der Waals surface area contributed by atoms with Gasteiger partial charge in [0.1, 0.15) is 0 Å². The second-order valence-electron chi connectivity index (χ2n) is 5.20. The number of anilines is 1. The van der Waals surface area contributed by atoms with Crippen molar-refractivity contribution in [1.29, 1.82) is 0 Å². The molecule has 116 valence electrons. The molecule has 1 amide bonds. The normalized spacial score (nSPS) is 17.5. The van der Waals surface area contributed by atoms with Crippen LogP contribution in [0.25, 0.3) is 0 Å². The third-order valence-corrected chi connectivity index (χ3v) is 4.37. The number of hydrogen-bond donors (Lipinski definition) is 1. The maximum atomic E-state index is 12.1. The number of ether oxygens (including phenoxy) is 1. The van der Waals surface area contributed by atoms with E-state index in [-0.39, 0.29) is 11.9 Å². The van der Waals surface area contributed by atoms with E-state index in [0.29, 0.717) is 12.3 Å². The highest BCUT2D eigenvalue weighted by Crippen LogP contribution is 2.25. The van der Waals surface area contributed by atoms with Gasteiger partial charge in [0.05, 0.1) is 13.5 Å². The fraction of sp³-hybridized carbons (Fsp3) is 0.400. The molecule has 0 bridgehead atoms. The average molecular weight is 318 g/mol. The molecule has 6 nitrogen and oxygen atoms in total. The van der Waals surface area contributed by atoms with Gasteiger partial charge in [-0.05, 0) is 28.8 Å². The van der Waals surface area contributed by atoms with Gasteiger partial charge in [-0.1, -0.05) is 0 Å². The van der Waals surface area contributed by atoms with Crippen LogP contribution in [-0.2, 0) is 11.2 Å². The Bertz CT molecular complexity index is 632. The maximum Gasteiger partial charge on any atom is 0.257 e. The molecule has 1 fully saturated rings. The standard InChI is InChI=1S/C15H18N4O2S/c1-21-15-14(16-4-5-17-15)19-6-2-12(9-19)18-13(20)8-11-3-7-22-10-11/h3-5,7,10,12H,2,6,8-9H2,1H3,(H,18,20). The third kappa shape index (κ3) is 3.36. The minimum absolute atomic E-state index is 0.0661. The van der Waals surface area contributed by atoms with Crippen LogP contribution in [0.3, 0.4) is 0 Å². The number of methoxy groups -OCH3 is 1. The summed E-state index contributed by atoms with van der Waals surface area (Å²) in [5, 5.41) is 7.08. The highest BCUT2D eigenvalue weighted by atomic mass is 32.1. The van der Waals surface area contributed by atoms with Gasteiger partial charge in [-0.15, -0.1) is 0 Å². The summed E-state index contributed by atoms with van der Waals surface area (Å²) in [6.07, 6.45) is 4.60. The number of thiophene rings is 1. The van der Waals surface area contributed by atoms with Crippen molar-refractivity contribution in [3.05, 3.63) is 34.8 Å². The zero-order valence-corrected chi connectivity index (χ0v) is 13.2. The lowest BCUT2D eigenvalue weighted by molar-refractivity contribution is -0.121. The molecule has 1 aliphatic heterocycles. The lowest BCUT2D eigenvalue weighted by atomic mass is 10.2. The summed E-state index contributed by atoms with van der Waals surface area (Å²) >= 11 is 1.61. The Morgan fingerprint density at radius 3 is 3.14 bits per heavy atom. The Morgan fingerprint density at radius 2 is 2.36 bits per heavy atom. The quantitative estimate of drug-likeness (QED) is 0.904. The van der Waals surface area contributed by atoms with Crippen molar-refractivity contribution in [2.45, 2.75) is 18.9 Å². The molecule has 1 N–H and O–H groups in total. The number of amides is 1. The van der Waals surface area contributed by atoms with Gasteiger partial charge in [-0.25, -0.2) is 9.97 Å². The van der Waals surface area contributed by atoms with Crippen molar-refractivity contribution in [3.8, 4) is 5.88 Å². The summed E-state index contributed by atoms with van der Waals surface area (Å²) < 4.78 is 5.24. The molecule has 1 saturated heterocycles. The van der Waals surface area contributed by atoms with Crippen LogP contribution in [-0.4, -0.2) is 42.1 Å². The smallest absolute Gasteiger partial charge is 0.257 e. The third-order valence-electron chi connectivity index (χ3n) is 3.64. The second kappa shape index (κ2) is 6.74. The number of nitrogens with one attached hydrogen (secondary N) is 1. The lowest BCUT2D eigenvalue weighted by Crippen LogP contribution is -2.38. The van der Waals surface area contributed by atoms with E-state index in [1.165, 1.54) is 0 Å². The van der Waals surface area contributed by atoms with Crippen LogP contribution >= 0.6 is 11.3 Å². The average Bonchev–Trinajstić information content (AvgIpc) is 3.19. The van der Waals surface area contributed by atoms with Crippen LogP contribution in [0.1, 0.15) is 12.0 Å². The fourth-order valence-corrected chi connectivity index (χ4v) is 3.28. The first-order chi connectivity index (χ1) is 10.8. The van der Waals surface area contributed by atoms with Gasteiger partial charge in [0.15, 0.2) is 5.82 Å². The zero-order valence-electron chi connectivity index (χ0n) is 12.4. The SMILES string of the molecule is COc1nccnc1N1CCC(NC(=O)Cc2ccsc2)C1. The van der Waals surface area contributed by atoms with E-state index in [1.807, 2.05) is 16.8 Å². The first-order valence-electron chi connectivity index (χ1n) is 7.16. The molecule has 0 aromatic carbocycles. The van der Waals surface area contributed by atoms with Crippen LogP contribution in [0.15, 0.2) is 29.2 Å². The maximum absolute atomic E-state index is 12.1. The molecule has 0 spiro atoms. The molecule has 3 rings (SSSR count). The van der Waals surface area contributed by atoms with E-state index in [2.05, 4.69) is 20.2 Å². The highest BCUT2D eigenvalue weighted by molar-refractivity contribution is 7.07. The Balaban J connectivity index is 1.57. The molecule has 0 radical (unpaired) electrons. The minimum Gasteiger partial charge on any atom is -0.478 e. The monoisotopic (exact) mass is 318 g/mol. The van der Waals surface area contributed by atoms with Gasteiger partial charge >= 0.3 is 0 Å². The molecule has 2 aromatic heterocycles. The largest absolute Gasteiger partial charge is 0.478 e. The molecule has 0 aliphatic carbocycles. The van der Waals surface area contributed by atoms with Crippen molar-refractivity contribution in [2.24, 2.45) is 0 Å². The van der Waals surface area contributed by atoms with Crippen LogP contribution in [0.4, 0.5) is 5.82 Å². The molecular weight excluding hydrogens is 300 g/mol. The summed E-state index contributed by atoms with van der Waals surface area (Å²) in [6, 6.07) is 2.12. The number of carbonyl (C=O) groups excluding carboxylic acids is 1.